The number of ether oxygens (including phenoxy) is 1. The molecule has 2 amide bonds. The molecular weight excluding hydrogens is 368 g/mol. The maximum absolute atomic E-state index is 13.4. The van der Waals surface area contributed by atoms with Crippen LogP contribution in [0.25, 0.3) is 11.3 Å². The van der Waals surface area contributed by atoms with Crippen LogP contribution in [0.2, 0.25) is 0 Å². The smallest absolute Gasteiger partial charge is 0.257 e. The third kappa shape index (κ3) is 3.18. The fraction of sp³-hybridized carbons (Fsp3) is 0.500. The molecule has 1 aromatic heterocycles. The van der Waals surface area contributed by atoms with E-state index >= 15 is 0 Å². The van der Waals surface area contributed by atoms with Gasteiger partial charge in [0.05, 0.1) is 24.6 Å². The number of aromatic nitrogens is 2. The highest BCUT2D eigenvalue weighted by Crippen LogP contribution is 2.38. The van der Waals surface area contributed by atoms with Gasteiger partial charge in [0.1, 0.15) is 5.75 Å². The third-order valence-electron chi connectivity index (χ3n) is 6.72. The largest absolute Gasteiger partial charge is 0.497 e. The van der Waals surface area contributed by atoms with Crippen molar-refractivity contribution in [3.63, 3.8) is 0 Å². The minimum Gasteiger partial charge on any atom is -0.497 e. The van der Waals surface area contributed by atoms with Crippen LogP contribution in [-0.4, -0.2) is 64.6 Å². The van der Waals surface area contributed by atoms with E-state index in [1.165, 1.54) is 0 Å². The molecule has 1 N–H and O–H groups in total. The lowest BCUT2D eigenvalue weighted by molar-refractivity contribution is -0.144. The normalized spacial score (nSPS) is 26.2. The van der Waals surface area contributed by atoms with Gasteiger partial charge < -0.3 is 14.5 Å². The van der Waals surface area contributed by atoms with Gasteiger partial charge in [-0.25, -0.2) is 0 Å². The number of amides is 2. The monoisotopic (exact) mass is 394 g/mol. The molecule has 7 nitrogen and oxygen atoms in total. The summed E-state index contributed by atoms with van der Waals surface area (Å²) >= 11 is 0. The average molecular weight is 394 g/mol. The number of hydrogen-bond donors (Lipinski definition) is 1. The van der Waals surface area contributed by atoms with Crippen LogP contribution in [0.15, 0.2) is 30.5 Å². The van der Waals surface area contributed by atoms with Crippen LogP contribution in [0.5, 0.6) is 5.75 Å². The first kappa shape index (κ1) is 18.2. The second-order valence-electron chi connectivity index (χ2n) is 8.46. The maximum atomic E-state index is 13.4. The molecule has 1 unspecified atom stereocenters. The number of H-pyrrole nitrogens is 1. The second kappa shape index (κ2) is 7.21. The number of methoxy groups -OCH3 is 1. The average Bonchev–Trinajstić information content (AvgIpc) is 3.24. The Labute approximate surface area is 170 Å². The van der Waals surface area contributed by atoms with Crippen LogP contribution in [0.3, 0.4) is 0 Å². The summed E-state index contributed by atoms with van der Waals surface area (Å²) in [5, 5.41) is 7.14. The molecule has 3 fully saturated rings. The van der Waals surface area contributed by atoms with E-state index in [1.54, 1.807) is 13.3 Å². The van der Waals surface area contributed by atoms with Crippen molar-refractivity contribution in [1.29, 1.82) is 0 Å². The quantitative estimate of drug-likeness (QED) is 0.868. The van der Waals surface area contributed by atoms with E-state index in [2.05, 4.69) is 15.1 Å². The van der Waals surface area contributed by atoms with Gasteiger partial charge >= 0.3 is 0 Å². The van der Waals surface area contributed by atoms with Gasteiger partial charge in [-0.05, 0) is 55.4 Å². The molecule has 2 aromatic rings. The van der Waals surface area contributed by atoms with E-state index in [0.29, 0.717) is 42.3 Å². The molecule has 4 heterocycles. The van der Waals surface area contributed by atoms with E-state index in [0.717, 1.165) is 49.4 Å². The van der Waals surface area contributed by atoms with E-state index < -0.39 is 0 Å². The van der Waals surface area contributed by atoms with Crippen molar-refractivity contribution >= 4 is 11.8 Å². The molecule has 2 bridgehead atoms. The van der Waals surface area contributed by atoms with Gasteiger partial charge in [0.2, 0.25) is 5.91 Å². The number of benzene rings is 1. The fourth-order valence-electron chi connectivity index (χ4n) is 5.37. The van der Waals surface area contributed by atoms with Crippen molar-refractivity contribution in [2.45, 2.75) is 31.7 Å². The molecule has 3 atom stereocenters. The zero-order valence-corrected chi connectivity index (χ0v) is 16.6. The maximum Gasteiger partial charge on any atom is 0.257 e. The summed E-state index contributed by atoms with van der Waals surface area (Å²) in [5.41, 5.74) is 2.25. The van der Waals surface area contributed by atoms with Crippen molar-refractivity contribution in [1.82, 2.24) is 20.0 Å². The Morgan fingerprint density at radius 3 is 2.83 bits per heavy atom. The van der Waals surface area contributed by atoms with Gasteiger partial charge in [-0.15, -0.1) is 0 Å². The number of carbonyl (C=O) groups is 2. The van der Waals surface area contributed by atoms with E-state index in [-0.39, 0.29) is 5.91 Å². The van der Waals surface area contributed by atoms with Gasteiger partial charge in [0.15, 0.2) is 0 Å². The van der Waals surface area contributed by atoms with Crippen LogP contribution >= 0.6 is 0 Å². The van der Waals surface area contributed by atoms with Crippen molar-refractivity contribution in [2.75, 3.05) is 26.7 Å². The Balaban J connectivity index is 1.37. The van der Waals surface area contributed by atoms with Crippen molar-refractivity contribution in [3.8, 4) is 17.0 Å². The predicted octanol–water partition coefficient (Wildman–Crippen LogP) is 2.56. The number of hydrogen-bond acceptors (Lipinski definition) is 4. The molecule has 0 saturated carbocycles. The summed E-state index contributed by atoms with van der Waals surface area (Å²) in [5.74, 6) is 1.85. The highest BCUT2D eigenvalue weighted by atomic mass is 16.5. The molecule has 3 aliphatic rings. The molecule has 5 rings (SSSR count). The molecule has 0 spiro atoms. The minimum absolute atomic E-state index is 0.0230. The molecule has 3 aliphatic heterocycles. The van der Waals surface area contributed by atoms with Gasteiger partial charge in [0.25, 0.3) is 5.91 Å². The zero-order chi connectivity index (χ0) is 20.0. The van der Waals surface area contributed by atoms with Gasteiger partial charge in [0, 0.05) is 37.7 Å². The predicted molar refractivity (Wildman–Crippen MR) is 107 cm³/mol. The minimum atomic E-state index is 0.0230. The first-order valence-electron chi connectivity index (χ1n) is 10.4. The lowest BCUT2D eigenvalue weighted by Gasteiger charge is -2.52. The van der Waals surface area contributed by atoms with Crippen LogP contribution in [0, 0.1) is 11.8 Å². The Hall–Kier alpha value is -2.83. The number of rotatable bonds is 3. The summed E-state index contributed by atoms with van der Waals surface area (Å²) < 4.78 is 5.22. The Morgan fingerprint density at radius 2 is 2.03 bits per heavy atom. The lowest BCUT2D eigenvalue weighted by atomic mass is 9.76. The molecule has 7 heteroatoms. The molecule has 29 heavy (non-hydrogen) atoms. The van der Waals surface area contributed by atoms with Crippen LogP contribution in [0.4, 0.5) is 0 Å². The number of piperidine rings is 3. The molecule has 3 saturated heterocycles. The van der Waals surface area contributed by atoms with Gasteiger partial charge in [-0.3, -0.25) is 14.7 Å². The van der Waals surface area contributed by atoms with Crippen LogP contribution < -0.4 is 4.74 Å². The van der Waals surface area contributed by atoms with E-state index in [4.69, 9.17) is 4.74 Å². The topological polar surface area (TPSA) is 78.5 Å². The summed E-state index contributed by atoms with van der Waals surface area (Å²) in [6, 6.07) is 7.92. The van der Waals surface area contributed by atoms with Crippen molar-refractivity contribution < 1.29 is 14.3 Å². The summed E-state index contributed by atoms with van der Waals surface area (Å²) in [7, 11) is 1.63. The summed E-state index contributed by atoms with van der Waals surface area (Å²) in [6.45, 7) is 2.22. The first-order chi connectivity index (χ1) is 14.1. The first-order valence-corrected chi connectivity index (χ1v) is 10.4. The zero-order valence-electron chi connectivity index (χ0n) is 16.6. The number of likely N-dealkylation sites (tertiary alicyclic amines) is 1. The third-order valence-corrected chi connectivity index (χ3v) is 6.72. The molecule has 0 radical (unpaired) electrons. The Kier molecular flexibility index (Phi) is 4.53. The van der Waals surface area contributed by atoms with E-state index in [1.807, 2.05) is 29.2 Å². The highest BCUT2D eigenvalue weighted by molar-refractivity contribution is 5.99. The van der Waals surface area contributed by atoms with Gasteiger partial charge in [-0.2, -0.15) is 5.10 Å². The number of nitrogens with one attached hydrogen (secondary N) is 1. The van der Waals surface area contributed by atoms with Gasteiger partial charge in [-0.1, -0.05) is 0 Å². The number of aromatic amines is 1. The number of fused-ring (bicyclic) bond motifs is 4. The molecule has 0 aliphatic carbocycles. The fourth-order valence-corrected chi connectivity index (χ4v) is 5.37. The van der Waals surface area contributed by atoms with Crippen LogP contribution in [-0.2, 0) is 4.79 Å². The van der Waals surface area contributed by atoms with Crippen molar-refractivity contribution in [3.05, 3.63) is 36.0 Å². The molecule has 152 valence electrons. The molecule has 1 aromatic carbocycles. The number of nitrogens with zero attached hydrogens (tertiary/aromatic N) is 3. The standard InChI is InChI=1S/C22H26N4O3/c1-29-17-7-5-15(6-8-17)21-18(10-23-24-21)22(28)25-11-14-9-16(13-25)19-3-2-4-20(27)26(19)12-14/h5-8,10,14,16,19H,2-4,9,11-13H2,1H3,(H,23,24)/t14-,16+,19?/m1/s1. The Morgan fingerprint density at radius 1 is 1.21 bits per heavy atom. The van der Waals surface area contributed by atoms with Crippen LogP contribution in [0.1, 0.15) is 36.0 Å². The highest BCUT2D eigenvalue weighted by Gasteiger charge is 2.45. The lowest BCUT2D eigenvalue weighted by Crippen LogP contribution is -2.61. The van der Waals surface area contributed by atoms with Crippen molar-refractivity contribution in [2.24, 2.45) is 11.8 Å². The Bertz CT molecular complexity index is 922. The summed E-state index contributed by atoms with van der Waals surface area (Å²) in [6.07, 6.45) is 5.46. The SMILES string of the molecule is COc1ccc(-c2[nH]ncc2C(=O)N2C[C@H]3C[C@@H](C2)C2CCCC(=O)N2C3)cc1. The van der Waals surface area contributed by atoms with E-state index in [9.17, 15) is 9.59 Å². The number of carbonyl (C=O) groups excluding carboxylic acids is 2. The summed E-state index contributed by atoms with van der Waals surface area (Å²) in [4.78, 5) is 29.8. The molecular formula is C22H26N4O3. The second-order valence-corrected chi connectivity index (χ2v) is 8.46.